The third-order valence-electron chi connectivity index (χ3n) is 5.05. The number of carboxylic acid groups (broad SMARTS) is 2. The molecule has 3 N–H and O–H groups in total. The fourth-order valence-electron chi connectivity index (χ4n) is 3.76. The van der Waals surface area contributed by atoms with Crippen LogP contribution in [0.2, 0.25) is 5.02 Å². The Bertz CT molecular complexity index is 653. The molecule has 27 heavy (non-hydrogen) atoms. The zero-order valence-electron chi connectivity index (χ0n) is 15.1. The number of benzene rings is 1. The lowest BCUT2D eigenvalue weighted by molar-refractivity contribution is -0.159. The quantitative estimate of drug-likeness (QED) is 0.678. The first-order valence-corrected chi connectivity index (χ1v) is 9.47. The highest BCUT2D eigenvalue weighted by Gasteiger charge is 2.31. The van der Waals surface area contributed by atoms with Crippen LogP contribution in [0.15, 0.2) is 24.3 Å². The molecule has 0 radical (unpaired) electrons. The normalized spacial score (nSPS) is 22.0. The van der Waals surface area contributed by atoms with Crippen molar-refractivity contribution in [1.29, 1.82) is 0 Å². The minimum Gasteiger partial charge on any atom is -0.473 e. The summed E-state index contributed by atoms with van der Waals surface area (Å²) in [6.07, 6.45) is 6.78. The van der Waals surface area contributed by atoms with Crippen LogP contribution in [0.1, 0.15) is 32.1 Å². The SMILES string of the molecule is O=C(CN1CCC2CCCCC2C1)Nc1ccc(Cl)cc1.O=C(O)C(=O)O. The summed E-state index contributed by atoms with van der Waals surface area (Å²) in [6.45, 7) is 2.67. The van der Waals surface area contributed by atoms with E-state index in [1.807, 2.05) is 12.1 Å². The smallest absolute Gasteiger partial charge is 0.414 e. The van der Waals surface area contributed by atoms with E-state index >= 15 is 0 Å². The fraction of sp³-hybridized carbons (Fsp3) is 0.526. The van der Waals surface area contributed by atoms with E-state index in [-0.39, 0.29) is 5.91 Å². The molecule has 1 aliphatic carbocycles. The fourth-order valence-corrected chi connectivity index (χ4v) is 3.88. The Morgan fingerprint density at radius 3 is 2.19 bits per heavy atom. The topological polar surface area (TPSA) is 107 Å². The largest absolute Gasteiger partial charge is 0.473 e. The van der Waals surface area contributed by atoms with Gasteiger partial charge in [-0.2, -0.15) is 0 Å². The maximum absolute atomic E-state index is 12.1. The van der Waals surface area contributed by atoms with Crippen molar-refractivity contribution in [3.63, 3.8) is 0 Å². The Labute approximate surface area is 163 Å². The van der Waals surface area contributed by atoms with Crippen molar-refractivity contribution >= 4 is 35.1 Å². The number of fused-ring (bicyclic) bond motifs is 1. The molecule has 0 spiro atoms. The van der Waals surface area contributed by atoms with Crippen LogP contribution in [0.4, 0.5) is 5.69 Å². The second-order valence-corrected chi connectivity index (χ2v) is 7.43. The van der Waals surface area contributed by atoms with Gasteiger partial charge in [-0.1, -0.05) is 30.9 Å². The highest BCUT2D eigenvalue weighted by molar-refractivity contribution is 6.30. The van der Waals surface area contributed by atoms with Crippen LogP contribution in [-0.4, -0.2) is 52.6 Å². The second-order valence-electron chi connectivity index (χ2n) is 6.99. The Hall–Kier alpha value is -2.12. The lowest BCUT2D eigenvalue weighted by Gasteiger charge is -2.41. The van der Waals surface area contributed by atoms with Gasteiger partial charge < -0.3 is 15.5 Å². The van der Waals surface area contributed by atoms with Gasteiger partial charge in [0.2, 0.25) is 5.91 Å². The number of carbonyl (C=O) groups is 3. The Morgan fingerprint density at radius 1 is 1.00 bits per heavy atom. The molecule has 2 unspecified atom stereocenters. The maximum Gasteiger partial charge on any atom is 0.414 e. The minimum absolute atomic E-state index is 0.0755. The van der Waals surface area contributed by atoms with Crippen LogP contribution in [0, 0.1) is 11.8 Å². The number of nitrogens with one attached hydrogen (secondary N) is 1. The summed E-state index contributed by atoms with van der Waals surface area (Å²) < 4.78 is 0. The first-order valence-electron chi connectivity index (χ1n) is 9.09. The van der Waals surface area contributed by atoms with Crippen LogP contribution in [0.3, 0.4) is 0 Å². The number of hydrogen-bond acceptors (Lipinski definition) is 4. The van der Waals surface area contributed by atoms with Gasteiger partial charge >= 0.3 is 11.9 Å². The number of carboxylic acids is 2. The number of hydrogen-bond donors (Lipinski definition) is 3. The molecule has 1 aromatic carbocycles. The highest BCUT2D eigenvalue weighted by Crippen LogP contribution is 2.35. The lowest BCUT2D eigenvalue weighted by Crippen LogP contribution is -2.44. The number of anilines is 1. The molecule has 1 aromatic rings. The van der Waals surface area contributed by atoms with Gasteiger partial charge in [0.25, 0.3) is 0 Å². The maximum atomic E-state index is 12.1. The van der Waals surface area contributed by atoms with E-state index in [1.54, 1.807) is 12.1 Å². The standard InChI is InChI=1S/C17H23ClN2O.C2H2O4/c18-15-5-7-16(8-6-15)19-17(21)12-20-10-9-13-3-1-2-4-14(13)11-20;3-1(4)2(5)6/h5-8,13-14H,1-4,9-12H2,(H,19,21);(H,3,4)(H,5,6). The summed E-state index contributed by atoms with van der Waals surface area (Å²) in [5.41, 5.74) is 0.817. The molecule has 2 atom stereocenters. The number of rotatable bonds is 3. The zero-order valence-corrected chi connectivity index (χ0v) is 15.8. The molecular formula is C19H25ClN2O5. The molecule has 1 saturated heterocycles. The van der Waals surface area contributed by atoms with Gasteiger partial charge in [0.05, 0.1) is 6.54 Å². The predicted molar refractivity (Wildman–Crippen MR) is 102 cm³/mol. The van der Waals surface area contributed by atoms with E-state index in [0.29, 0.717) is 11.6 Å². The van der Waals surface area contributed by atoms with E-state index < -0.39 is 11.9 Å². The summed E-state index contributed by atoms with van der Waals surface area (Å²) in [4.78, 5) is 32.7. The Kier molecular flexibility index (Phi) is 8.06. The number of nitrogens with zero attached hydrogens (tertiary/aromatic N) is 1. The zero-order chi connectivity index (χ0) is 19.8. The molecule has 0 bridgehead atoms. The van der Waals surface area contributed by atoms with Crippen molar-refractivity contribution in [2.24, 2.45) is 11.8 Å². The van der Waals surface area contributed by atoms with Crippen molar-refractivity contribution in [1.82, 2.24) is 4.90 Å². The number of halogens is 1. The first-order chi connectivity index (χ1) is 12.8. The number of piperidine rings is 1. The molecule has 1 heterocycles. The van der Waals surface area contributed by atoms with E-state index in [4.69, 9.17) is 31.4 Å². The highest BCUT2D eigenvalue weighted by atomic mass is 35.5. The van der Waals surface area contributed by atoms with Gasteiger partial charge in [-0.25, -0.2) is 9.59 Å². The van der Waals surface area contributed by atoms with Crippen molar-refractivity contribution in [2.75, 3.05) is 25.0 Å². The van der Waals surface area contributed by atoms with Crippen LogP contribution in [-0.2, 0) is 14.4 Å². The molecule has 1 amide bonds. The minimum atomic E-state index is -1.82. The molecule has 148 valence electrons. The summed E-state index contributed by atoms with van der Waals surface area (Å²) in [5, 5.41) is 18.4. The van der Waals surface area contributed by atoms with E-state index in [2.05, 4.69) is 10.2 Å². The molecular weight excluding hydrogens is 372 g/mol. The molecule has 7 nitrogen and oxygen atoms in total. The average Bonchev–Trinajstić information content (AvgIpc) is 2.64. The van der Waals surface area contributed by atoms with Gasteiger partial charge in [0, 0.05) is 17.3 Å². The van der Waals surface area contributed by atoms with Gasteiger partial charge in [0.1, 0.15) is 0 Å². The van der Waals surface area contributed by atoms with Crippen LogP contribution < -0.4 is 5.32 Å². The number of amides is 1. The third-order valence-corrected chi connectivity index (χ3v) is 5.31. The molecule has 3 rings (SSSR count). The van der Waals surface area contributed by atoms with Gasteiger partial charge in [-0.15, -0.1) is 0 Å². The van der Waals surface area contributed by atoms with Crippen molar-refractivity contribution in [3.8, 4) is 0 Å². The van der Waals surface area contributed by atoms with Crippen molar-refractivity contribution < 1.29 is 24.6 Å². The number of carbonyl (C=O) groups excluding carboxylic acids is 1. The molecule has 2 aliphatic rings. The molecule has 8 heteroatoms. The summed E-state index contributed by atoms with van der Waals surface area (Å²) in [5.74, 6) is -1.85. The van der Waals surface area contributed by atoms with Crippen LogP contribution >= 0.6 is 11.6 Å². The van der Waals surface area contributed by atoms with Gasteiger partial charge in [0.15, 0.2) is 0 Å². The molecule has 0 aromatic heterocycles. The second kappa shape index (κ2) is 10.3. The van der Waals surface area contributed by atoms with Crippen LogP contribution in [0.25, 0.3) is 0 Å². The van der Waals surface area contributed by atoms with E-state index in [1.165, 1.54) is 32.1 Å². The Morgan fingerprint density at radius 2 is 1.59 bits per heavy atom. The first kappa shape index (κ1) is 21.2. The number of aliphatic carboxylic acids is 2. The summed E-state index contributed by atoms with van der Waals surface area (Å²) in [7, 11) is 0. The van der Waals surface area contributed by atoms with Crippen molar-refractivity contribution in [3.05, 3.63) is 29.3 Å². The predicted octanol–water partition coefficient (Wildman–Crippen LogP) is 2.95. The number of likely N-dealkylation sites (tertiary alicyclic amines) is 1. The van der Waals surface area contributed by atoms with Crippen LogP contribution in [0.5, 0.6) is 0 Å². The third kappa shape index (κ3) is 7.19. The lowest BCUT2D eigenvalue weighted by atomic mass is 9.75. The Balaban J connectivity index is 0.000000380. The van der Waals surface area contributed by atoms with Crippen molar-refractivity contribution in [2.45, 2.75) is 32.1 Å². The summed E-state index contributed by atoms with van der Waals surface area (Å²) >= 11 is 5.85. The molecule has 2 fully saturated rings. The molecule has 1 aliphatic heterocycles. The molecule has 1 saturated carbocycles. The average molecular weight is 397 g/mol. The van der Waals surface area contributed by atoms with E-state index in [9.17, 15) is 4.79 Å². The summed E-state index contributed by atoms with van der Waals surface area (Å²) in [6, 6.07) is 7.27. The van der Waals surface area contributed by atoms with Gasteiger partial charge in [-0.05, 0) is 55.5 Å². The van der Waals surface area contributed by atoms with E-state index in [0.717, 1.165) is 30.6 Å². The van der Waals surface area contributed by atoms with Gasteiger partial charge in [-0.3, -0.25) is 9.69 Å². The monoisotopic (exact) mass is 396 g/mol.